The Bertz CT molecular complexity index is 991. The maximum Gasteiger partial charge on any atom is 0.416 e. The van der Waals surface area contributed by atoms with Crippen molar-refractivity contribution < 1.29 is 27.5 Å². The Morgan fingerprint density at radius 2 is 1.92 bits per heavy atom. The average molecular weight is 371 g/mol. The van der Waals surface area contributed by atoms with Crippen LogP contribution in [0.4, 0.5) is 19.0 Å². The summed E-state index contributed by atoms with van der Waals surface area (Å²) in [6.45, 7) is -0.944. The van der Waals surface area contributed by atoms with Crippen LogP contribution >= 0.6 is 0 Å². The van der Waals surface area contributed by atoms with Crippen LogP contribution in [0.5, 0.6) is 0 Å². The van der Waals surface area contributed by atoms with E-state index in [9.17, 15) is 32.3 Å². The molecule has 1 heterocycles. The quantitative estimate of drug-likeness (QED) is 0.603. The summed E-state index contributed by atoms with van der Waals surface area (Å²) in [5.74, 6) is -2.64. The SMILES string of the molecule is Cn1c(N)c(C(=O)COC(=O)c2cccc(C(F)(F)F)c2)c(=O)[nH]c1=O. The number of aromatic amines is 1. The Balaban J connectivity index is 2.19. The highest BCUT2D eigenvalue weighted by molar-refractivity contribution is 6.02. The first-order valence-corrected chi connectivity index (χ1v) is 6.98. The van der Waals surface area contributed by atoms with Gasteiger partial charge in [0.05, 0.1) is 11.1 Å². The average Bonchev–Trinajstić information content (AvgIpc) is 2.57. The Kier molecular flexibility index (Phi) is 5.00. The topological polar surface area (TPSA) is 124 Å². The number of Topliss-reactive ketones (excluding diaryl/α,β-unsaturated/α-hetero) is 1. The zero-order valence-corrected chi connectivity index (χ0v) is 13.2. The molecule has 0 radical (unpaired) electrons. The van der Waals surface area contributed by atoms with E-state index in [0.717, 1.165) is 22.8 Å². The van der Waals surface area contributed by atoms with Gasteiger partial charge in [-0.25, -0.2) is 9.59 Å². The second-order valence-electron chi connectivity index (χ2n) is 5.16. The van der Waals surface area contributed by atoms with Gasteiger partial charge in [0, 0.05) is 7.05 Å². The molecule has 1 aromatic heterocycles. The molecule has 138 valence electrons. The first-order valence-electron chi connectivity index (χ1n) is 6.98. The van der Waals surface area contributed by atoms with Crippen LogP contribution in [-0.4, -0.2) is 27.9 Å². The molecule has 11 heteroatoms. The summed E-state index contributed by atoms with van der Waals surface area (Å²) in [4.78, 5) is 48.8. The first kappa shape index (κ1) is 19.0. The van der Waals surface area contributed by atoms with E-state index in [4.69, 9.17) is 5.73 Å². The molecule has 0 aliphatic rings. The molecule has 0 spiro atoms. The number of esters is 1. The standard InChI is InChI=1S/C15H12F3N3O5/c1-21-11(19)10(12(23)20-14(21)25)9(22)6-26-13(24)7-3-2-4-8(5-7)15(16,17)18/h2-5H,6,19H2,1H3,(H,20,23,25). The number of nitrogen functional groups attached to an aromatic ring is 1. The molecule has 8 nitrogen and oxygen atoms in total. The van der Waals surface area contributed by atoms with Crippen LogP contribution in [0, 0.1) is 0 Å². The second kappa shape index (κ2) is 6.86. The molecule has 26 heavy (non-hydrogen) atoms. The molecule has 0 bridgehead atoms. The zero-order valence-electron chi connectivity index (χ0n) is 13.2. The van der Waals surface area contributed by atoms with Crippen LogP contribution in [0.15, 0.2) is 33.9 Å². The van der Waals surface area contributed by atoms with Crippen LogP contribution in [0.25, 0.3) is 0 Å². The third-order valence-corrected chi connectivity index (χ3v) is 3.41. The van der Waals surface area contributed by atoms with E-state index in [1.165, 1.54) is 7.05 Å². The van der Waals surface area contributed by atoms with Crippen molar-refractivity contribution in [2.24, 2.45) is 7.05 Å². The predicted molar refractivity (Wildman–Crippen MR) is 82.8 cm³/mol. The van der Waals surface area contributed by atoms with Crippen LogP contribution in [0.3, 0.4) is 0 Å². The van der Waals surface area contributed by atoms with Crippen LogP contribution in [-0.2, 0) is 18.0 Å². The van der Waals surface area contributed by atoms with Crippen molar-refractivity contribution in [1.29, 1.82) is 0 Å². The molecule has 0 saturated carbocycles. The summed E-state index contributed by atoms with van der Waals surface area (Å²) in [5, 5.41) is 0. The predicted octanol–water partition coefficient (Wildman–Crippen LogP) is 0.714. The Morgan fingerprint density at radius 3 is 2.54 bits per heavy atom. The van der Waals surface area contributed by atoms with Gasteiger partial charge in [-0.3, -0.25) is 19.1 Å². The number of nitrogens with zero attached hydrogens (tertiary/aromatic N) is 1. The molecule has 3 N–H and O–H groups in total. The Labute approximate surface area is 143 Å². The van der Waals surface area contributed by atoms with E-state index in [1.54, 1.807) is 0 Å². The van der Waals surface area contributed by atoms with Crippen molar-refractivity contribution in [2.75, 3.05) is 12.3 Å². The molecule has 0 saturated heterocycles. The van der Waals surface area contributed by atoms with E-state index < -0.39 is 58.3 Å². The van der Waals surface area contributed by atoms with E-state index in [1.807, 2.05) is 4.98 Å². The molecule has 0 amide bonds. The maximum atomic E-state index is 12.6. The summed E-state index contributed by atoms with van der Waals surface area (Å²) in [6.07, 6.45) is -4.65. The number of benzene rings is 1. The van der Waals surface area contributed by atoms with Gasteiger partial charge >= 0.3 is 17.8 Å². The summed E-state index contributed by atoms with van der Waals surface area (Å²) in [5.41, 5.74) is 1.55. The number of H-pyrrole nitrogens is 1. The van der Waals surface area contributed by atoms with Gasteiger partial charge in [-0.2, -0.15) is 13.2 Å². The van der Waals surface area contributed by atoms with Gasteiger partial charge in [-0.15, -0.1) is 0 Å². The lowest BCUT2D eigenvalue weighted by Gasteiger charge is -2.10. The summed E-state index contributed by atoms with van der Waals surface area (Å²) in [7, 11) is 1.21. The lowest BCUT2D eigenvalue weighted by Crippen LogP contribution is -2.35. The van der Waals surface area contributed by atoms with E-state index in [-0.39, 0.29) is 0 Å². The first-order chi connectivity index (χ1) is 12.0. The third-order valence-electron chi connectivity index (χ3n) is 3.41. The largest absolute Gasteiger partial charge is 0.454 e. The summed E-state index contributed by atoms with van der Waals surface area (Å²) in [6, 6.07) is 3.43. The molecule has 2 aromatic rings. The van der Waals surface area contributed by atoms with Crippen molar-refractivity contribution >= 4 is 17.6 Å². The second-order valence-corrected chi connectivity index (χ2v) is 5.16. The minimum atomic E-state index is -4.65. The molecule has 0 fully saturated rings. The maximum absolute atomic E-state index is 12.6. The van der Waals surface area contributed by atoms with Crippen LogP contribution in [0.1, 0.15) is 26.3 Å². The van der Waals surface area contributed by atoms with Gasteiger partial charge in [0.15, 0.2) is 6.61 Å². The number of alkyl halides is 3. The molecule has 0 aliphatic carbocycles. The van der Waals surface area contributed by atoms with Gasteiger partial charge in [-0.1, -0.05) is 6.07 Å². The lowest BCUT2D eigenvalue weighted by molar-refractivity contribution is -0.137. The van der Waals surface area contributed by atoms with Crippen LogP contribution in [0.2, 0.25) is 0 Å². The number of carbonyl (C=O) groups excluding carboxylic acids is 2. The molecular formula is C15H12F3N3O5. The summed E-state index contributed by atoms with van der Waals surface area (Å²) >= 11 is 0. The minimum absolute atomic E-state index is 0.421. The molecule has 0 unspecified atom stereocenters. The van der Waals surface area contributed by atoms with Gasteiger partial charge in [-0.05, 0) is 18.2 Å². The normalized spacial score (nSPS) is 11.2. The minimum Gasteiger partial charge on any atom is -0.454 e. The number of hydrogen-bond donors (Lipinski definition) is 2. The number of nitrogens with two attached hydrogens (primary N) is 1. The highest BCUT2D eigenvalue weighted by Crippen LogP contribution is 2.29. The van der Waals surface area contributed by atoms with Crippen molar-refractivity contribution in [3.05, 3.63) is 61.8 Å². The molecular weight excluding hydrogens is 359 g/mol. The number of anilines is 1. The number of halogens is 3. The highest BCUT2D eigenvalue weighted by atomic mass is 19.4. The number of ether oxygens (including phenoxy) is 1. The van der Waals surface area contributed by atoms with E-state index in [2.05, 4.69) is 4.74 Å². The van der Waals surface area contributed by atoms with Crippen molar-refractivity contribution in [3.8, 4) is 0 Å². The fourth-order valence-electron chi connectivity index (χ4n) is 2.02. The Hall–Kier alpha value is -3.37. The smallest absolute Gasteiger partial charge is 0.416 e. The highest BCUT2D eigenvalue weighted by Gasteiger charge is 2.31. The number of carbonyl (C=O) groups is 2. The zero-order chi connectivity index (χ0) is 19.6. The number of aromatic nitrogens is 2. The van der Waals surface area contributed by atoms with Crippen LogP contribution < -0.4 is 17.0 Å². The lowest BCUT2D eigenvalue weighted by atomic mass is 10.1. The van der Waals surface area contributed by atoms with Gasteiger partial charge in [0.25, 0.3) is 5.56 Å². The molecule has 2 rings (SSSR count). The van der Waals surface area contributed by atoms with Crippen molar-refractivity contribution in [3.63, 3.8) is 0 Å². The van der Waals surface area contributed by atoms with Gasteiger partial charge < -0.3 is 10.5 Å². The van der Waals surface area contributed by atoms with Crippen molar-refractivity contribution in [1.82, 2.24) is 9.55 Å². The molecule has 1 aromatic carbocycles. The van der Waals surface area contributed by atoms with Crippen molar-refractivity contribution in [2.45, 2.75) is 6.18 Å². The van der Waals surface area contributed by atoms with E-state index in [0.29, 0.717) is 6.07 Å². The third kappa shape index (κ3) is 3.82. The summed E-state index contributed by atoms with van der Waals surface area (Å²) < 4.78 is 43.4. The number of rotatable bonds is 4. The van der Waals surface area contributed by atoms with Gasteiger partial charge in [0.2, 0.25) is 5.78 Å². The van der Waals surface area contributed by atoms with E-state index >= 15 is 0 Å². The fraction of sp³-hybridized carbons (Fsp3) is 0.200. The number of ketones is 1. The monoisotopic (exact) mass is 371 g/mol. The number of nitrogens with one attached hydrogen (secondary N) is 1. The fourth-order valence-corrected chi connectivity index (χ4v) is 2.02. The Morgan fingerprint density at radius 1 is 1.27 bits per heavy atom. The molecule has 0 atom stereocenters. The molecule has 0 aliphatic heterocycles. The van der Waals surface area contributed by atoms with Gasteiger partial charge in [0.1, 0.15) is 11.4 Å². The number of hydrogen-bond acceptors (Lipinski definition) is 6.